The number of hydrogen-bond acceptors (Lipinski definition) is 5. The van der Waals surface area contributed by atoms with E-state index >= 15 is 0 Å². The second kappa shape index (κ2) is 10.4. The number of carbonyl (C=O) groups is 2. The number of imide groups is 1. The molecule has 0 aliphatic carbocycles. The van der Waals surface area contributed by atoms with Crippen LogP contribution in [0.5, 0.6) is 5.75 Å². The highest BCUT2D eigenvalue weighted by molar-refractivity contribution is 6.30. The Balaban J connectivity index is 1.21. The Kier molecular flexibility index (Phi) is 7.33. The number of amides is 2. The van der Waals surface area contributed by atoms with E-state index in [0.717, 1.165) is 55.5 Å². The second-order valence-electron chi connectivity index (χ2n) is 8.48. The van der Waals surface area contributed by atoms with E-state index < -0.39 is 0 Å². The van der Waals surface area contributed by atoms with Gasteiger partial charge in [-0.25, -0.2) is 0 Å². The number of likely N-dealkylation sites (tertiary alicyclic amines) is 1. The number of anilines is 1. The topological polar surface area (TPSA) is 53.1 Å². The highest BCUT2D eigenvalue weighted by Crippen LogP contribution is 2.30. The molecule has 2 aliphatic heterocycles. The lowest BCUT2D eigenvalue weighted by molar-refractivity contribution is -0.148. The quantitative estimate of drug-likeness (QED) is 0.594. The molecule has 2 fully saturated rings. The first-order valence-corrected chi connectivity index (χ1v) is 11.6. The Hall–Kier alpha value is -2.57. The SMILES string of the molecule is COc1ccc(C2CC(=O)N(CCCN3CCN(c4ccc(Cl)cc4)CC3)C(=O)C2)cc1. The Bertz CT molecular complexity index is 906. The van der Waals surface area contributed by atoms with Crippen LogP contribution < -0.4 is 9.64 Å². The summed E-state index contributed by atoms with van der Waals surface area (Å²) in [6.45, 7) is 5.28. The van der Waals surface area contributed by atoms with E-state index in [2.05, 4.69) is 21.9 Å². The van der Waals surface area contributed by atoms with Gasteiger partial charge in [-0.05, 0) is 54.9 Å². The van der Waals surface area contributed by atoms with Gasteiger partial charge in [0, 0.05) is 62.2 Å². The summed E-state index contributed by atoms with van der Waals surface area (Å²) in [4.78, 5) is 31.6. The average Bonchev–Trinajstić information content (AvgIpc) is 2.82. The molecule has 32 heavy (non-hydrogen) atoms. The van der Waals surface area contributed by atoms with E-state index in [9.17, 15) is 9.59 Å². The van der Waals surface area contributed by atoms with Gasteiger partial charge in [0.05, 0.1) is 7.11 Å². The predicted octanol–water partition coefficient (Wildman–Crippen LogP) is 3.79. The molecule has 2 aliphatic rings. The summed E-state index contributed by atoms with van der Waals surface area (Å²) in [5.41, 5.74) is 2.22. The van der Waals surface area contributed by atoms with Crippen molar-refractivity contribution in [3.05, 3.63) is 59.1 Å². The van der Waals surface area contributed by atoms with Crippen molar-refractivity contribution >= 4 is 29.1 Å². The predicted molar refractivity (Wildman–Crippen MR) is 126 cm³/mol. The number of methoxy groups -OCH3 is 1. The van der Waals surface area contributed by atoms with E-state index in [-0.39, 0.29) is 17.7 Å². The van der Waals surface area contributed by atoms with Crippen molar-refractivity contribution < 1.29 is 14.3 Å². The van der Waals surface area contributed by atoms with Crippen LogP contribution in [0.15, 0.2) is 48.5 Å². The number of piperazine rings is 1. The molecule has 7 heteroatoms. The van der Waals surface area contributed by atoms with Crippen molar-refractivity contribution in [1.82, 2.24) is 9.80 Å². The minimum absolute atomic E-state index is 0.0434. The van der Waals surface area contributed by atoms with Crippen LogP contribution in [0.3, 0.4) is 0 Å². The molecule has 6 nitrogen and oxygen atoms in total. The summed E-state index contributed by atoms with van der Waals surface area (Å²) >= 11 is 5.98. The lowest BCUT2D eigenvalue weighted by Gasteiger charge is -2.36. The molecule has 2 heterocycles. The van der Waals surface area contributed by atoms with Crippen molar-refractivity contribution in [2.45, 2.75) is 25.2 Å². The maximum atomic E-state index is 12.7. The third-order valence-corrected chi connectivity index (χ3v) is 6.70. The summed E-state index contributed by atoms with van der Waals surface area (Å²) in [7, 11) is 1.63. The number of piperidine rings is 1. The van der Waals surface area contributed by atoms with E-state index in [4.69, 9.17) is 16.3 Å². The highest BCUT2D eigenvalue weighted by Gasteiger charge is 2.33. The number of rotatable bonds is 7. The minimum Gasteiger partial charge on any atom is -0.497 e. The lowest BCUT2D eigenvalue weighted by atomic mass is 9.88. The van der Waals surface area contributed by atoms with Crippen LogP contribution in [0.1, 0.15) is 30.7 Å². The van der Waals surface area contributed by atoms with Crippen molar-refractivity contribution in [1.29, 1.82) is 0 Å². The second-order valence-corrected chi connectivity index (χ2v) is 8.91. The number of halogens is 1. The third-order valence-electron chi connectivity index (χ3n) is 6.45. The van der Waals surface area contributed by atoms with E-state index in [1.54, 1.807) is 7.11 Å². The third kappa shape index (κ3) is 5.43. The molecule has 2 amide bonds. The van der Waals surface area contributed by atoms with Gasteiger partial charge in [-0.1, -0.05) is 23.7 Å². The Morgan fingerprint density at radius 2 is 1.50 bits per heavy atom. The first kappa shape index (κ1) is 22.6. The molecule has 0 bridgehead atoms. The number of nitrogens with zero attached hydrogens (tertiary/aromatic N) is 3. The molecule has 2 aromatic rings. The average molecular weight is 456 g/mol. The lowest BCUT2D eigenvalue weighted by Crippen LogP contribution is -2.48. The van der Waals surface area contributed by atoms with Gasteiger partial charge < -0.3 is 9.64 Å². The molecule has 0 spiro atoms. The van der Waals surface area contributed by atoms with E-state index in [1.165, 1.54) is 10.6 Å². The maximum absolute atomic E-state index is 12.7. The monoisotopic (exact) mass is 455 g/mol. The molecule has 0 radical (unpaired) electrons. The first-order chi connectivity index (χ1) is 15.5. The van der Waals surface area contributed by atoms with Crippen molar-refractivity contribution in [3.8, 4) is 5.75 Å². The molecule has 0 aromatic heterocycles. The Morgan fingerprint density at radius 1 is 0.875 bits per heavy atom. The molecule has 2 aromatic carbocycles. The van der Waals surface area contributed by atoms with Crippen molar-refractivity contribution in [2.75, 3.05) is 51.3 Å². The van der Waals surface area contributed by atoms with Crippen molar-refractivity contribution in [3.63, 3.8) is 0 Å². The molecular formula is C25H30ClN3O3. The number of carbonyl (C=O) groups excluding carboxylic acids is 2. The largest absolute Gasteiger partial charge is 0.497 e. The fourth-order valence-corrected chi connectivity index (χ4v) is 4.67. The molecule has 170 valence electrons. The fraction of sp³-hybridized carbons (Fsp3) is 0.440. The zero-order chi connectivity index (χ0) is 22.5. The Morgan fingerprint density at radius 3 is 2.09 bits per heavy atom. The van der Waals surface area contributed by atoms with Crippen LogP contribution in [0.4, 0.5) is 5.69 Å². The van der Waals surface area contributed by atoms with Gasteiger partial charge in [0.25, 0.3) is 0 Å². The van der Waals surface area contributed by atoms with Gasteiger partial charge in [-0.2, -0.15) is 0 Å². The zero-order valence-electron chi connectivity index (χ0n) is 18.5. The minimum atomic E-state index is -0.0605. The molecule has 0 N–H and O–H groups in total. The molecule has 0 saturated carbocycles. The molecule has 0 atom stereocenters. The number of hydrogen-bond donors (Lipinski definition) is 0. The highest BCUT2D eigenvalue weighted by atomic mass is 35.5. The van der Waals surface area contributed by atoms with Crippen LogP contribution in [-0.2, 0) is 9.59 Å². The van der Waals surface area contributed by atoms with Crippen LogP contribution >= 0.6 is 11.6 Å². The normalized spacial score (nSPS) is 18.3. The van der Waals surface area contributed by atoms with Gasteiger partial charge in [0.1, 0.15) is 5.75 Å². The summed E-state index contributed by atoms with van der Waals surface area (Å²) in [5, 5.41) is 0.754. The first-order valence-electron chi connectivity index (χ1n) is 11.2. The standard InChI is InChI=1S/C25H30ClN3O3/c1-32-23-9-3-19(4-10-23)20-17-24(30)29(25(31)18-20)12-2-11-27-13-15-28(16-14-27)22-7-5-21(26)6-8-22/h3-10,20H,2,11-18H2,1H3. The molecule has 0 unspecified atom stereocenters. The summed E-state index contributed by atoms with van der Waals surface area (Å²) in [5.74, 6) is 0.611. The van der Waals surface area contributed by atoms with Crippen LogP contribution in [-0.4, -0.2) is 68.0 Å². The smallest absolute Gasteiger partial charge is 0.229 e. The van der Waals surface area contributed by atoms with Crippen LogP contribution in [0.25, 0.3) is 0 Å². The van der Waals surface area contributed by atoms with Crippen LogP contribution in [0, 0.1) is 0 Å². The zero-order valence-corrected chi connectivity index (χ0v) is 19.3. The van der Waals surface area contributed by atoms with Gasteiger partial charge >= 0.3 is 0 Å². The summed E-state index contributed by atoms with van der Waals surface area (Å²) in [6, 6.07) is 15.6. The van der Waals surface area contributed by atoms with E-state index in [1.807, 2.05) is 36.4 Å². The molecule has 4 rings (SSSR count). The van der Waals surface area contributed by atoms with Gasteiger partial charge in [-0.3, -0.25) is 19.4 Å². The van der Waals surface area contributed by atoms with Gasteiger partial charge in [0.2, 0.25) is 11.8 Å². The molecule has 2 saturated heterocycles. The fourth-order valence-electron chi connectivity index (χ4n) is 4.55. The summed E-state index contributed by atoms with van der Waals surface area (Å²) < 4.78 is 5.19. The van der Waals surface area contributed by atoms with E-state index in [0.29, 0.717) is 19.4 Å². The molecular weight excluding hydrogens is 426 g/mol. The van der Waals surface area contributed by atoms with Crippen LogP contribution in [0.2, 0.25) is 5.02 Å². The number of ether oxygens (including phenoxy) is 1. The summed E-state index contributed by atoms with van der Waals surface area (Å²) in [6.07, 6.45) is 1.58. The van der Waals surface area contributed by atoms with Gasteiger partial charge in [0.15, 0.2) is 0 Å². The van der Waals surface area contributed by atoms with Gasteiger partial charge in [-0.15, -0.1) is 0 Å². The Labute approximate surface area is 194 Å². The maximum Gasteiger partial charge on any atom is 0.229 e. The number of benzene rings is 2. The van der Waals surface area contributed by atoms with Crippen molar-refractivity contribution in [2.24, 2.45) is 0 Å².